The van der Waals surface area contributed by atoms with Crippen LogP contribution in [0.4, 0.5) is 0 Å². The van der Waals surface area contributed by atoms with E-state index >= 15 is 0 Å². The van der Waals surface area contributed by atoms with E-state index in [-0.39, 0.29) is 0 Å². The minimum absolute atomic E-state index is 0.517. The number of aryl methyl sites for hydroxylation is 3. The zero-order chi connectivity index (χ0) is 17.6. The normalized spacial score (nSPS) is 11.0. The summed E-state index contributed by atoms with van der Waals surface area (Å²) in [5.74, 6) is 0. The van der Waals surface area contributed by atoms with Gasteiger partial charge in [-0.2, -0.15) is 0 Å². The van der Waals surface area contributed by atoms with Crippen LogP contribution in [0.3, 0.4) is 0 Å². The smallest absolute Gasteiger partial charge is 0.00870 e. The highest BCUT2D eigenvalue weighted by atomic mass is 31.1. The van der Waals surface area contributed by atoms with Crippen molar-refractivity contribution in [3.63, 3.8) is 0 Å². The van der Waals surface area contributed by atoms with Crippen LogP contribution < -0.4 is 15.9 Å². The van der Waals surface area contributed by atoms with E-state index in [0.29, 0.717) is 0 Å². The second-order valence-electron chi connectivity index (χ2n) is 6.33. The zero-order valence-corrected chi connectivity index (χ0v) is 16.4. The van der Waals surface area contributed by atoms with E-state index in [1.165, 1.54) is 27.3 Å². The maximum absolute atomic E-state index is 2.44. The van der Waals surface area contributed by atoms with Gasteiger partial charge in [-0.15, -0.1) is 0 Å². The molecular formula is C24H27P. The molecule has 0 aliphatic carbocycles. The van der Waals surface area contributed by atoms with Crippen molar-refractivity contribution in [3.05, 3.63) is 89.5 Å². The van der Waals surface area contributed by atoms with Gasteiger partial charge in [0.15, 0.2) is 0 Å². The molecule has 3 aromatic rings. The minimum atomic E-state index is -0.517. The van der Waals surface area contributed by atoms with Gasteiger partial charge in [-0.1, -0.05) is 93.6 Å². The Morgan fingerprint density at radius 1 is 0.600 bits per heavy atom. The number of hydrogen-bond acceptors (Lipinski definition) is 0. The molecule has 0 N–H and O–H groups in total. The van der Waals surface area contributed by atoms with Crippen molar-refractivity contribution in [2.75, 3.05) is 0 Å². The Balaban J connectivity index is 2.27. The molecule has 0 saturated carbocycles. The van der Waals surface area contributed by atoms with Crippen LogP contribution in [0.1, 0.15) is 37.5 Å². The SMILES string of the molecule is CCc1cc(CC)c(P(c2ccccc2)c2ccccc2)c(CC)c1. The van der Waals surface area contributed by atoms with Gasteiger partial charge in [0.2, 0.25) is 0 Å². The van der Waals surface area contributed by atoms with Crippen LogP contribution in [-0.4, -0.2) is 0 Å². The summed E-state index contributed by atoms with van der Waals surface area (Å²) >= 11 is 0. The predicted octanol–water partition coefficient (Wildman–Crippen LogP) is 5.13. The van der Waals surface area contributed by atoms with E-state index in [1.807, 2.05) is 0 Å². The molecule has 0 saturated heterocycles. The summed E-state index contributed by atoms with van der Waals surface area (Å²) in [5, 5.41) is 4.46. The maximum atomic E-state index is 2.44. The first-order valence-electron chi connectivity index (χ1n) is 9.33. The van der Waals surface area contributed by atoms with Gasteiger partial charge in [0.05, 0.1) is 0 Å². The highest BCUT2D eigenvalue weighted by Crippen LogP contribution is 2.36. The van der Waals surface area contributed by atoms with Gasteiger partial charge in [0.25, 0.3) is 0 Å². The molecule has 128 valence electrons. The Kier molecular flexibility index (Phi) is 6.05. The lowest BCUT2D eigenvalue weighted by Crippen LogP contribution is -2.26. The standard InChI is InChI=1S/C24H27P/c1-4-19-17-20(5-2)24(21(6-3)18-19)25(22-13-9-7-10-14-22)23-15-11-8-12-16-23/h7-18H,4-6H2,1-3H3. The molecule has 0 unspecified atom stereocenters. The summed E-state index contributed by atoms with van der Waals surface area (Å²) in [6.45, 7) is 6.84. The fraction of sp³-hybridized carbons (Fsp3) is 0.250. The van der Waals surface area contributed by atoms with Crippen molar-refractivity contribution >= 4 is 23.8 Å². The van der Waals surface area contributed by atoms with Crippen molar-refractivity contribution < 1.29 is 0 Å². The third-order valence-electron chi connectivity index (χ3n) is 4.75. The second-order valence-corrected chi connectivity index (χ2v) is 8.48. The number of benzene rings is 3. The molecule has 0 aliphatic rings. The van der Waals surface area contributed by atoms with Crippen molar-refractivity contribution in [2.24, 2.45) is 0 Å². The van der Waals surface area contributed by atoms with Gasteiger partial charge < -0.3 is 0 Å². The first-order chi connectivity index (χ1) is 12.3. The Morgan fingerprint density at radius 2 is 1.04 bits per heavy atom. The summed E-state index contributed by atoms with van der Waals surface area (Å²) in [6, 6.07) is 27.0. The van der Waals surface area contributed by atoms with E-state index in [1.54, 1.807) is 5.30 Å². The summed E-state index contributed by atoms with van der Waals surface area (Å²) in [7, 11) is -0.517. The Bertz CT molecular complexity index is 742. The largest absolute Gasteiger partial charge is 0.0622 e. The molecule has 0 amide bonds. The van der Waals surface area contributed by atoms with Crippen molar-refractivity contribution in [1.82, 2.24) is 0 Å². The van der Waals surface area contributed by atoms with Crippen LogP contribution in [-0.2, 0) is 19.3 Å². The van der Waals surface area contributed by atoms with Gasteiger partial charge in [-0.05, 0) is 59.8 Å². The Morgan fingerprint density at radius 3 is 1.40 bits per heavy atom. The third kappa shape index (κ3) is 3.86. The molecule has 0 aliphatic heterocycles. The van der Waals surface area contributed by atoms with Gasteiger partial charge >= 0.3 is 0 Å². The fourth-order valence-electron chi connectivity index (χ4n) is 3.42. The van der Waals surface area contributed by atoms with E-state index in [0.717, 1.165) is 19.3 Å². The van der Waals surface area contributed by atoms with Crippen molar-refractivity contribution in [2.45, 2.75) is 40.0 Å². The summed E-state index contributed by atoms with van der Waals surface area (Å²) in [5.41, 5.74) is 4.51. The fourth-order valence-corrected chi connectivity index (χ4v) is 6.20. The van der Waals surface area contributed by atoms with Crippen LogP contribution >= 0.6 is 7.92 Å². The van der Waals surface area contributed by atoms with E-state index in [2.05, 4.69) is 93.6 Å². The zero-order valence-electron chi connectivity index (χ0n) is 15.5. The summed E-state index contributed by atoms with van der Waals surface area (Å²) in [4.78, 5) is 0. The van der Waals surface area contributed by atoms with Crippen LogP contribution in [0.25, 0.3) is 0 Å². The quantitative estimate of drug-likeness (QED) is 0.543. The van der Waals surface area contributed by atoms with Crippen LogP contribution in [0.2, 0.25) is 0 Å². The van der Waals surface area contributed by atoms with E-state index in [4.69, 9.17) is 0 Å². The second kappa shape index (κ2) is 8.45. The lowest BCUT2D eigenvalue weighted by Gasteiger charge is -2.25. The molecule has 1 heteroatoms. The molecule has 3 aromatic carbocycles. The lowest BCUT2D eigenvalue weighted by molar-refractivity contribution is 1.06. The average molecular weight is 346 g/mol. The maximum Gasteiger partial charge on any atom is -0.00870 e. The molecule has 0 aromatic heterocycles. The minimum Gasteiger partial charge on any atom is -0.0622 e. The monoisotopic (exact) mass is 346 g/mol. The predicted molar refractivity (Wildman–Crippen MR) is 113 cm³/mol. The molecule has 25 heavy (non-hydrogen) atoms. The van der Waals surface area contributed by atoms with Gasteiger partial charge in [-0.3, -0.25) is 0 Å². The van der Waals surface area contributed by atoms with Gasteiger partial charge in [-0.25, -0.2) is 0 Å². The number of hydrogen-bond donors (Lipinski definition) is 0. The third-order valence-corrected chi connectivity index (χ3v) is 7.40. The topological polar surface area (TPSA) is 0 Å². The molecule has 0 heterocycles. The highest BCUT2D eigenvalue weighted by molar-refractivity contribution is 7.80. The Labute approximate surface area is 153 Å². The molecule has 0 radical (unpaired) electrons. The van der Waals surface area contributed by atoms with Crippen molar-refractivity contribution in [3.8, 4) is 0 Å². The highest BCUT2D eigenvalue weighted by Gasteiger charge is 2.22. The molecule has 3 rings (SSSR count). The first kappa shape index (κ1) is 17.9. The molecule has 0 atom stereocenters. The van der Waals surface area contributed by atoms with Crippen LogP contribution in [0, 0.1) is 0 Å². The molecule has 0 bridgehead atoms. The van der Waals surface area contributed by atoms with Crippen LogP contribution in [0.15, 0.2) is 72.8 Å². The number of rotatable bonds is 6. The van der Waals surface area contributed by atoms with Crippen molar-refractivity contribution in [1.29, 1.82) is 0 Å². The molecule has 0 spiro atoms. The molecule has 0 fully saturated rings. The van der Waals surface area contributed by atoms with E-state index in [9.17, 15) is 0 Å². The van der Waals surface area contributed by atoms with Gasteiger partial charge in [0, 0.05) is 0 Å². The first-order valence-corrected chi connectivity index (χ1v) is 10.7. The molecular weight excluding hydrogens is 319 g/mol. The Hall–Kier alpha value is -1.91. The lowest BCUT2D eigenvalue weighted by atomic mass is 10.0. The van der Waals surface area contributed by atoms with E-state index < -0.39 is 7.92 Å². The average Bonchev–Trinajstić information content (AvgIpc) is 2.69. The summed E-state index contributed by atoms with van der Waals surface area (Å²) in [6.07, 6.45) is 3.29. The van der Waals surface area contributed by atoms with Gasteiger partial charge in [0.1, 0.15) is 0 Å². The van der Waals surface area contributed by atoms with Crippen LogP contribution in [0.5, 0.6) is 0 Å². The molecule has 0 nitrogen and oxygen atoms in total. The summed E-state index contributed by atoms with van der Waals surface area (Å²) < 4.78 is 0.